The number of hydrogen-bond acceptors (Lipinski definition) is 3. The Kier molecular flexibility index (Phi) is 4.61. The minimum atomic E-state index is 0.612. The molecule has 1 aromatic heterocycles. The second-order valence-corrected chi connectivity index (χ2v) is 5.53. The first kappa shape index (κ1) is 14.1. The van der Waals surface area contributed by atoms with Gasteiger partial charge in [-0.15, -0.1) is 0 Å². The SMILES string of the molecule is Cc1ccc(-c2cnc(CNCC(C)C)o2)c(Cl)c1. The molecule has 1 aromatic carbocycles. The lowest BCUT2D eigenvalue weighted by Gasteiger charge is -2.04. The Morgan fingerprint density at radius 2 is 2.16 bits per heavy atom. The third kappa shape index (κ3) is 3.82. The fourth-order valence-corrected chi connectivity index (χ4v) is 2.13. The van der Waals surface area contributed by atoms with Crippen molar-refractivity contribution >= 4 is 11.6 Å². The molecule has 1 N–H and O–H groups in total. The van der Waals surface area contributed by atoms with Gasteiger partial charge in [-0.1, -0.05) is 31.5 Å². The van der Waals surface area contributed by atoms with Crippen molar-refractivity contribution in [2.24, 2.45) is 5.92 Å². The fraction of sp³-hybridized carbons (Fsp3) is 0.400. The summed E-state index contributed by atoms with van der Waals surface area (Å²) in [6.45, 7) is 7.93. The zero-order valence-electron chi connectivity index (χ0n) is 11.5. The van der Waals surface area contributed by atoms with Gasteiger partial charge in [0.05, 0.1) is 17.8 Å². The van der Waals surface area contributed by atoms with Gasteiger partial charge in [0, 0.05) is 5.56 Å². The van der Waals surface area contributed by atoms with Gasteiger partial charge in [0.2, 0.25) is 5.89 Å². The van der Waals surface area contributed by atoms with E-state index in [4.69, 9.17) is 16.0 Å². The van der Waals surface area contributed by atoms with Gasteiger partial charge in [-0.25, -0.2) is 4.98 Å². The third-order valence-electron chi connectivity index (χ3n) is 2.77. The molecule has 2 aromatic rings. The molecule has 0 saturated heterocycles. The van der Waals surface area contributed by atoms with Gasteiger partial charge in [-0.05, 0) is 37.1 Å². The molecule has 0 amide bonds. The second kappa shape index (κ2) is 6.22. The molecule has 0 aliphatic carbocycles. The van der Waals surface area contributed by atoms with E-state index in [-0.39, 0.29) is 0 Å². The number of aromatic nitrogens is 1. The summed E-state index contributed by atoms with van der Waals surface area (Å²) < 4.78 is 5.71. The summed E-state index contributed by atoms with van der Waals surface area (Å²) in [5.41, 5.74) is 2.02. The number of aryl methyl sites for hydroxylation is 1. The van der Waals surface area contributed by atoms with Crippen LogP contribution in [0.2, 0.25) is 5.02 Å². The van der Waals surface area contributed by atoms with E-state index in [2.05, 4.69) is 24.1 Å². The molecule has 102 valence electrons. The minimum Gasteiger partial charge on any atom is -0.439 e. The molecule has 0 saturated carbocycles. The Bertz CT molecular complexity index is 549. The van der Waals surface area contributed by atoms with Crippen LogP contribution in [-0.4, -0.2) is 11.5 Å². The molecule has 19 heavy (non-hydrogen) atoms. The molecule has 4 heteroatoms. The van der Waals surface area contributed by atoms with Crippen LogP contribution < -0.4 is 5.32 Å². The monoisotopic (exact) mass is 278 g/mol. The van der Waals surface area contributed by atoms with Gasteiger partial charge in [0.15, 0.2) is 5.76 Å². The average molecular weight is 279 g/mol. The van der Waals surface area contributed by atoms with Gasteiger partial charge in [0.1, 0.15) is 0 Å². The molecule has 1 heterocycles. The quantitative estimate of drug-likeness (QED) is 0.897. The van der Waals surface area contributed by atoms with E-state index >= 15 is 0 Å². The van der Waals surface area contributed by atoms with E-state index in [1.807, 2.05) is 25.1 Å². The number of halogens is 1. The van der Waals surface area contributed by atoms with Gasteiger partial charge in [-0.2, -0.15) is 0 Å². The van der Waals surface area contributed by atoms with Crippen molar-refractivity contribution < 1.29 is 4.42 Å². The Morgan fingerprint density at radius 1 is 1.37 bits per heavy atom. The summed E-state index contributed by atoms with van der Waals surface area (Å²) in [5.74, 6) is 2.01. The van der Waals surface area contributed by atoms with Gasteiger partial charge in [-0.3, -0.25) is 0 Å². The number of nitrogens with one attached hydrogen (secondary N) is 1. The van der Waals surface area contributed by atoms with E-state index < -0.39 is 0 Å². The van der Waals surface area contributed by atoms with Gasteiger partial charge >= 0.3 is 0 Å². The Morgan fingerprint density at radius 3 is 2.84 bits per heavy atom. The molecule has 0 aliphatic heterocycles. The summed E-state index contributed by atoms with van der Waals surface area (Å²) in [5, 5.41) is 3.99. The van der Waals surface area contributed by atoms with Crippen molar-refractivity contribution in [1.29, 1.82) is 0 Å². The molecule has 0 fully saturated rings. The van der Waals surface area contributed by atoms with Crippen molar-refractivity contribution in [3.8, 4) is 11.3 Å². The van der Waals surface area contributed by atoms with Crippen LogP contribution in [0.4, 0.5) is 0 Å². The maximum atomic E-state index is 6.22. The normalized spacial score (nSPS) is 11.2. The fourth-order valence-electron chi connectivity index (χ4n) is 1.80. The molecular formula is C15H19ClN2O. The largest absolute Gasteiger partial charge is 0.439 e. The van der Waals surface area contributed by atoms with Crippen molar-refractivity contribution in [1.82, 2.24) is 10.3 Å². The summed E-state index contributed by atoms with van der Waals surface area (Å²) >= 11 is 6.22. The molecule has 3 nitrogen and oxygen atoms in total. The smallest absolute Gasteiger partial charge is 0.208 e. The molecule has 0 unspecified atom stereocenters. The zero-order valence-corrected chi connectivity index (χ0v) is 12.3. The maximum absolute atomic E-state index is 6.22. The summed E-state index contributed by atoms with van der Waals surface area (Å²) in [7, 11) is 0. The van der Waals surface area contributed by atoms with Crippen LogP contribution in [0.5, 0.6) is 0 Å². The van der Waals surface area contributed by atoms with Gasteiger partial charge in [0.25, 0.3) is 0 Å². The predicted molar refractivity (Wildman–Crippen MR) is 78.2 cm³/mol. The highest BCUT2D eigenvalue weighted by Crippen LogP contribution is 2.29. The lowest BCUT2D eigenvalue weighted by Crippen LogP contribution is -2.18. The van der Waals surface area contributed by atoms with Gasteiger partial charge < -0.3 is 9.73 Å². The van der Waals surface area contributed by atoms with E-state index in [1.165, 1.54) is 0 Å². The predicted octanol–water partition coefficient (Wildman–Crippen LogP) is 4.05. The minimum absolute atomic E-state index is 0.612. The molecule has 0 aliphatic rings. The van der Waals surface area contributed by atoms with E-state index in [9.17, 15) is 0 Å². The number of oxazole rings is 1. The Balaban J connectivity index is 2.08. The number of nitrogens with zero attached hydrogens (tertiary/aromatic N) is 1. The summed E-state index contributed by atoms with van der Waals surface area (Å²) in [6.07, 6.45) is 1.73. The highest BCUT2D eigenvalue weighted by atomic mass is 35.5. The lowest BCUT2D eigenvalue weighted by atomic mass is 10.1. The first-order valence-electron chi connectivity index (χ1n) is 6.48. The Labute approximate surface area is 119 Å². The van der Waals surface area contributed by atoms with Crippen molar-refractivity contribution in [3.63, 3.8) is 0 Å². The van der Waals surface area contributed by atoms with Crippen LogP contribution >= 0.6 is 11.6 Å². The molecule has 2 rings (SSSR count). The third-order valence-corrected chi connectivity index (χ3v) is 3.09. The topological polar surface area (TPSA) is 38.1 Å². The highest BCUT2D eigenvalue weighted by Gasteiger charge is 2.09. The highest BCUT2D eigenvalue weighted by molar-refractivity contribution is 6.33. The Hall–Kier alpha value is -1.32. The first-order valence-corrected chi connectivity index (χ1v) is 6.86. The molecule has 0 radical (unpaired) electrons. The summed E-state index contributed by atoms with van der Waals surface area (Å²) in [6, 6.07) is 5.90. The van der Waals surface area contributed by atoms with Crippen molar-refractivity contribution in [3.05, 3.63) is 40.9 Å². The zero-order chi connectivity index (χ0) is 13.8. The van der Waals surface area contributed by atoms with Crippen LogP contribution in [0.15, 0.2) is 28.8 Å². The van der Waals surface area contributed by atoms with Crippen molar-refractivity contribution in [2.75, 3.05) is 6.54 Å². The number of benzene rings is 1. The second-order valence-electron chi connectivity index (χ2n) is 5.13. The van der Waals surface area contributed by atoms with Crippen molar-refractivity contribution in [2.45, 2.75) is 27.3 Å². The van der Waals surface area contributed by atoms with Crippen LogP contribution in [0.1, 0.15) is 25.3 Å². The van der Waals surface area contributed by atoms with Crippen LogP contribution in [0.3, 0.4) is 0 Å². The first-order chi connectivity index (χ1) is 9.06. The molecule has 0 atom stereocenters. The standard InChI is InChI=1S/C15H19ClN2O/c1-10(2)7-17-9-15-18-8-14(19-15)12-5-4-11(3)6-13(12)16/h4-6,8,10,17H,7,9H2,1-3H3. The molecular weight excluding hydrogens is 260 g/mol. The van der Waals surface area contributed by atoms with E-state index in [0.717, 1.165) is 17.7 Å². The number of rotatable bonds is 5. The number of hydrogen-bond donors (Lipinski definition) is 1. The van der Waals surface area contributed by atoms with Crippen LogP contribution in [0, 0.1) is 12.8 Å². The van der Waals surface area contributed by atoms with E-state index in [0.29, 0.717) is 29.1 Å². The molecule has 0 spiro atoms. The summed E-state index contributed by atoms with van der Waals surface area (Å²) in [4.78, 5) is 4.27. The van der Waals surface area contributed by atoms with Crippen LogP contribution in [0.25, 0.3) is 11.3 Å². The lowest BCUT2D eigenvalue weighted by molar-refractivity contribution is 0.459. The average Bonchev–Trinajstić information content (AvgIpc) is 2.77. The van der Waals surface area contributed by atoms with E-state index in [1.54, 1.807) is 6.20 Å². The van der Waals surface area contributed by atoms with Crippen LogP contribution in [-0.2, 0) is 6.54 Å². The molecule has 0 bridgehead atoms. The maximum Gasteiger partial charge on any atom is 0.208 e.